The van der Waals surface area contributed by atoms with Crippen molar-refractivity contribution in [1.82, 2.24) is 9.80 Å². The van der Waals surface area contributed by atoms with Gasteiger partial charge in [-0.25, -0.2) is 0 Å². The number of hydrogen-bond donors (Lipinski definition) is 1. The minimum Gasteiger partial charge on any atom is -0.393 e. The Kier molecular flexibility index (Phi) is 6.96. The molecule has 1 amide bonds. The number of carbonyl (C=O) groups is 1. The van der Waals surface area contributed by atoms with E-state index in [1.807, 2.05) is 13.8 Å². The fraction of sp³-hybridized carbons (Fsp3) is 0.688. The molecule has 1 saturated heterocycles. The first-order valence-electron chi connectivity index (χ1n) is 7.44. The summed E-state index contributed by atoms with van der Waals surface area (Å²) in [7, 11) is 0. The summed E-state index contributed by atoms with van der Waals surface area (Å²) in [6, 6.07) is -0.121. The summed E-state index contributed by atoms with van der Waals surface area (Å²) in [4.78, 5) is 16.5. The van der Waals surface area contributed by atoms with Gasteiger partial charge in [-0.3, -0.25) is 9.69 Å². The summed E-state index contributed by atoms with van der Waals surface area (Å²) in [5.41, 5.74) is 0. The van der Waals surface area contributed by atoms with Crippen LogP contribution in [0.5, 0.6) is 0 Å². The Bertz CT molecular complexity index is 323. The van der Waals surface area contributed by atoms with Crippen molar-refractivity contribution in [3.8, 4) is 0 Å². The molecular formula is C16H28N2O2. The number of aliphatic hydroxyl groups excluding tert-OH is 1. The lowest BCUT2D eigenvalue weighted by Crippen LogP contribution is -2.50. The molecule has 0 aromatic rings. The topological polar surface area (TPSA) is 43.8 Å². The summed E-state index contributed by atoms with van der Waals surface area (Å²) in [5, 5.41) is 9.62. The molecule has 0 aromatic carbocycles. The second-order valence-corrected chi connectivity index (χ2v) is 5.61. The van der Waals surface area contributed by atoms with E-state index in [-0.39, 0.29) is 18.1 Å². The molecule has 114 valence electrons. The Balaban J connectivity index is 2.56. The van der Waals surface area contributed by atoms with Crippen LogP contribution in [0.15, 0.2) is 25.3 Å². The molecule has 1 rings (SSSR count). The van der Waals surface area contributed by atoms with Crippen molar-refractivity contribution in [3.05, 3.63) is 25.3 Å². The molecule has 4 heteroatoms. The van der Waals surface area contributed by atoms with Crippen LogP contribution in [0.25, 0.3) is 0 Å². The van der Waals surface area contributed by atoms with E-state index in [1.54, 1.807) is 17.1 Å². The maximum Gasteiger partial charge on any atom is 0.240 e. The second-order valence-electron chi connectivity index (χ2n) is 5.61. The van der Waals surface area contributed by atoms with E-state index in [0.717, 1.165) is 25.9 Å². The van der Waals surface area contributed by atoms with Crippen LogP contribution in [0.3, 0.4) is 0 Å². The first kappa shape index (κ1) is 16.9. The van der Waals surface area contributed by atoms with Gasteiger partial charge in [0.1, 0.15) is 0 Å². The fourth-order valence-electron chi connectivity index (χ4n) is 2.78. The molecule has 2 atom stereocenters. The molecule has 4 nitrogen and oxygen atoms in total. The van der Waals surface area contributed by atoms with Gasteiger partial charge in [-0.15, -0.1) is 13.2 Å². The van der Waals surface area contributed by atoms with Crippen molar-refractivity contribution in [1.29, 1.82) is 0 Å². The molecular weight excluding hydrogens is 252 g/mol. The van der Waals surface area contributed by atoms with Crippen LogP contribution in [-0.2, 0) is 4.79 Å². The third-order valence-electron chi connectivity index (χ3n) is 4.17. The van der Waals surface area contributed by atoms with Crippen LogP contribution in [0.1, 0.15) is 26.7 Å². The first-order chi connectivity index (χ1) is 9.51. The minimum atomic E-state index is -0.249. The Morgan fingerprint density at radius 1 is 1.30 bits per heavy atom. The molecule has 1 aliphatic heterocycles. The first-order valence-corrected chi connectivity index (χ1v) is 7.44. The molecule has 1 heterocycles. The number of nitrogens with zero attached hydrogens (tertiary/aromatic N) is 2. The average molecular weight is 280 g/mol. The molecule has 0 radical (unpaired) electrons. The van der Waals surface area contributed by atoms with E-state index in [9.17, 15) is 9.90 Å². The molecule has 1 aliphatic rings. The Morgan fingerprint density at radius 2 is 1.80 bits per heavy atom. The third kappa shape index (κ3) is 4.46. The highest BCUT2D eigenvalue weighted by atomic mass is 16.3. The molecule has 1 fully saturated rings. The van der Waals surface area contributed by atoms with Gasteiger partial charge in [-0.2, -0.15) is 0 Å². The van der Waals surface area contributed by atoms with Crippen LogP contribution in [0, 0.1) is 5.92 Å². The van der Waals surface area contributed by atoms with Gasteiger partial charge in [0.15, 0.2) is 0 Å². The van der Waals surface area contributed by atoms with Crippen molar-refractivity contribution in [2.24, 2.45) is 5.92 Å². The number of rotatable bonds is 7. The smallest absolute Gasteiger partial charge is 0.240 e. The zero-order chi connectivity index (χ0) is 15.1. The monoisotopic (exact) mass is 280 g/mol. The molecule has 0 bridgehead atoms. The van der Waals surface area contributed by atoms with Crippen molar-refractivity contribution < 1.29 is 9.90 Å². The lowest BCUT2D eigenvalue weighted by atomic mass is 9.91. The molecule has 0 aromatic heterocycles. The van der Waals surface area contributed by atoms with Gasteiger partial charge in [0.25, 0.3) is 0 Å². The maximum atomic E-state index is 12.5. The Hall–Kier alpha value is -1.13. The lowest BCUT2D eigenvalue weighted by molar-refractivity contribution is -0.136. The molecule has 1 N–H and O–H groups in total. The number of amides is 1. The van der Waals surface area contributed by atoms with Gasteiger partial charge in [0.2, 0.25) is 5.91 Å². The van der Waals surface area contributed by atoms with Crippen LogP contribution in [-0.4, -0.2) is 59.1 Å². The van der Waals surface area contributed by atoms with Gasteiger partial charge in [-0.05, 0) is 45.7 Å². The van der Waals surface area contributed by atoms with Crippen LogP contribution < -0.4 is 0 Å². The summed E-state index contributed by atoms with van der Waals surface area (Å²) in [6.45, 7) is 14.1. The van der Waals surface area contributed by atoms with E-state index >= 15 is 0 Å². The van der Waals surface area contributed by atoms with Crippen molar-refractivity contribution >= 4 is 5.91 Å². The van der Waals surface area contributed by atoms with E-state index < -0.39 is 0 Å². The van der Waals surface area contributed by atoms with Gasteiger partial charge in [0, 0.05) is 13.1 Å². The molecule has 20 heavy (non-hydrogen) atoms. The highest BCUT2D eigenvalue weighted by molar-refractivity contribution is 5.81. The average Bonchev–Trinajstić information content (AvgIpc) is 2.45. The quantitative estimate of drug-likeness (QED) is 0.721. The van der Waals surface area contributed by atoms with Gasteiger partial charge in [0.05, 0.1) is 12.1 Å². The summed E-state index contributed by atoms with van der Waals surface area (Å²) in [5.74, 6) is 0.492. The second kappa shape index (κ2) is 8.22. The number of hydrogen-bond acceptors (Lipinski definition) is 3. The third-order valence-corrected chi connectivity index (χ3v) is 4.17. The maximum absolute atomic E-state index is 12.5. The van der Waals surface area contributed by atoms with Crippen molar-refractivity contribution in [2.75, 3.05) is 26.2 Å². The zero-order valence-electron chi connectivity index (χ0n) is 12.8. The predicted molar refractivity (Wildman–Crippen MR) is 82.4 cm³/mol. The van der Waals surface area contributed by atoms with Crippen molar-refractivity contribution in [3.63, 3.8) is 0 Å². The van der Waals surface area contributed by atoms with Gasteiger partial charge in [-0.1, -0.05) is 12.2 Å². The van der Waals surface area contributed by atoms with Gasteiger partial charge >= 0.3 is 0 Å². The number of piperidine rings is 1. The van der Waals surface area contributed by atoms with E-state index in [2.05, 4.69) is 18.1 Å². The fourth-order valence-corrected chi connectivity index (χ4v) is 2.78. The Labute approximate surface area is 122 Å². The van der Waals surface area contributed by atoms with Crippen molar-refractivity contribution in [2.45, 2.75) is 38.8 Å². The highest BCUT2D eigenvalue weighted by Crippen LogP contribution is 2.22. The normalized spacial score (nSPS) is 20.1. The van der Waals surface area contributed by atoms with Gasteiger partial charge < -0.3 is 10.0 Å². The molecule has 0 saturated carbocycles. The Morgan fingerprint density at radius 3 is 2.20 bits per heavy atom. The number of likely N-dealkylation sites (tertiary alicyclic amines) is 1. The molecule has 2 unspecified atom stereocenters. The minimum absolute atomic E-state index is 0.121. The summed E-state index contributed by atoms with van der Waals surface area (Å²) in [6.07, 6.45) is 5.15. The molecule has 0 spiro atoms. The van der Waals surface area contributed by atoms with Crippen LogP contribution >= 0.6 is 0 Å². The summed E-state index contributed by atoms with van der Waals surface area (Å²) < 4.78 is 0. The lowest BCUT2D eigenvalue weighted by Gasteiger charge is -2.37. The largest absolute Gasteiger partial charge is 0.393 e. The van der Waals surface area contributed by atoms with E-state index in [0.29, 0.717) is 19.0 Å². The number of aliphatic hydroxyl groups is 1. The standard InChI is InChI=1S/C16H28N2O2/c1-5-9-18(10-6-2)16(20)13(3)17-11-7-15(8-12-17)14(4)19/h5-6,13-15,19H,1-2,7-12H2,3-4H3. The van der Waals surface area contributed by atoms with Crippen LogP contribution in [0.4, 0.5) is 0 Å². The highest BCUT2D eigenvalue weighted by Gasteiger charge is 2.29. The number of carbonyl (C=O) groups excluding carboxylic acids is 1. The van der Waals surface area contributed by atoms with Crippen LogP contribution in [0.2, 0.25) is 0 Å². The molecule has 0 aliphatic carbocycles. The predicted octanol–water partition coefficient (Wildman–Crippen LogP) is 1.67. The summed E-state index contributed by atoms with van der Waals surface area (Å²) >= 11 is 0. The zero-order valence-corrected chi connectivity index (χ0v) is 12.8. The van der Waals surface area contributed by atoms with E-state index in [4.69, 9.17) is 0 Å². The SMILES string of the molecule is C=CCN(CC=C)C(=O)C(C)N1CCC(C(C)O)CC1. The van der Waals surface area contributed by atoms with E-state index in [1.165, 1.54) is 0 Å².